The van der Waals surface area contributed by atoms with Crippen molar-refractivity contribution in [3.05, 3.63) is 54.0 Å². The number of rotatable bonds is 1. The van der Waals surface area contributed by atoms with Crippen molar-refractivity contribution < 1.29 is 4.39 Å². The van der Waals surface area contributed by atoms with Gasteiger partial charge >= 0.3 is 0 Å². The molecule has 0 N–H and O–H groups in total. The lowest BCUT2D eigenvalue weighted by molar-refractivity contribution is 0.628. The van der Waals surface area contributed by atoms with Crippen molar-refractivity contribution in [3.8, 4) is 17.5 Å². The molecule has 0 saturated carbocycles. The van der Waals surface area contributed by atoms with Crippen molar-refractivity contribution in [2.45, 2.75) is 0 Å². The van der Waals surface area contributed by atoms with Crippen LogP contribution in [0.3, 0.4) is 0 Å². The van der Waals surface area contributed by atoms with E-state index in [1.165, 1.54) is 16.6 Å². The van der Waals surface area contributed by atoms with E-state index in [0.29, 0.717) is 22.6 Å². The molecule has 0 aliphatic heterocycles. The Morgan fingerprint density at radius 2 is 2.11 bits per heavy atom. The van der Waals surface area contributed by atoms with E-state index in [9.17, 15) is 4.39 Å². The number of hydrogen-bond donors (Lipinski definition) is 0. The molecule has 0 fully saturated rings. The van der Waals surface area contributed by atoms with Crippen molar-refractivity contribution in [1.29, 1.82) is 5.26 Å². The largest absolute Gasteiger partial charge is 0.219 e. The minimum atomic E-state index is -0.330. The van der Waals surface area contributed by atoms with Gasteiger partial charge in [-0.25, -0.2) is 13.9 Å². The number of nitrogens with zero attached hydrogens (tertiary/aromatic N) is 4. The number of nitriles is 1. The predicted octanol–water partition coefficient (Wildman–Crippen LogP) is 2.41. The number of aromatic nitrogens is 3. The van der Waals surface area contributed by atoms with Crippen LogP contribution in [-0.2, 0) is 0 Å². The van der Waals surface area contributed by atoms with Crippen LogP contribution in [0.2, 0.25) is 0 Å². The van der Waals surface area contributed by atoms with Gasteiger partial charge in [0.05, 0.1) is 5.56 Å². The highest BCUT2D eigenvalue weighted by molar-refractivity contribution is 5.58. The first-order valence-electron chi connectivity index (χ1n) is 5.29. The summed E-state index contributed by atoms with van der Waals surface area (Å²) in [7, 11) is 0. The molecule has 2 heterocycles. The molecule has 2 aromatic heterocycles. The number of halogens is 1. The summed E-state index contributed by atoms with van der Waals surface area (Å²) in [5.41, 5.74) is 1.73. The molecule has 0 atom stereocenters. The van der Waals surface area contributed by atoms with E-state index in [2.05, 4.69) is 10.1 Å². The van der Waals surface area contributed by atoms with Crippen molar-refractivity contribution >= 4 is 5.65 Å². The highest BCUT2D eigenvalue weighted by atomic mass is 19.1. The Bertz CT molecular complexity index is 770. The maximum absolute atomic E-state index is 13.1. The Balaban J connectivity index is 2.17. The number of hydrogen-bond acceptors (Lipinski definition) is 3. The zero-order valence-corrected chi connectivity index (χ0v) is 9.21. The molecular weight excluding hydrogens is 231 g/mol. The number of benzene rings is 1. The van der Waals surface area contributed by atoms with E-state index in [1.807, 2.05) is 6.07 Å². The normalized spacial score (nSPS) is 10.4. The molecule has 3 aromatic rings. The molecule has 0 aliphatic carbocycles. The number of fused-ring (bicyclic) bond motifs is 1. The predicted molar refractivity (Wildman–Crippen MR) is 63.1 cm³/mol. The van der Waals surface area contributed by atoms with Crippen LogP contribution in [0.25, 0.3) is 17.0 Å². The van der Waals surface area contributed by atoms with Crippen LogP contribution in [0, 0.1) is 17.1 Å². The Labute approximate surface area is 102 Å². The summed E-state index contributed by atoms with van der Waals surface area (Å²) in [5, 5.41) is 13.0. The number of pyridine rings is 1. The van der Waals surface area contributed by atoms with Crippen molar-refractivity contribution in [2.24, 2.45) is 0 Å². The third-order valence-electron chi connectivity index (χ3n) is 2.54. The molecule has 18 heavy (non-hydrogen) atoms. The SMILES string of the molecule is N#Cc1ccc2nc(-c3cccc(F)c3)nn2c1. The summed E-state index contributed by atoms with van der Waals surface area (Å²) >= 11 is 0. The van der Waals surface area contributed by atoms with Gasteiger partial charge in [-0.3, -0.25) is 0 Å². The Hall–Kier alpha value is -2.74. The molecule has 86 valence electrons. The van der Waals surface area contributed by atoms with Gasteiger partial charge in [0, 0.05) is 11.8 Å². The maximum atomic E-state index is 13.1. The van der Waals surface area contributed by atoms with Gasteiger partial charge in [-0.2, -0.15) is 5.26 Å². The molecule has 5 heteroatoms. The minimum Gasteiger partial charge on any atom is -0.219 e. The second-order valence-electron chi connectivity index (χ2n) is 3.78. The van der Waals surface area contributed by atoms with Gasteiger partial charge in [-0.1, -0.05) is 12.1 Å². The van der Waals surface area contributed by atoms with Crippen LogP contribution < -0.4 is 0 Å². The zero-order chi connectivity index (χ0) is 12.5. The highest BCUT2D eigenvalue weighted by Gasteiger charge is 2.07. The first-order chi connectivity index (χ1) is 8.76. The monoisotopic (exact) mass is 238 g/mol. The quantitative estimate of drug-likeness (QED) is 0.654. The van der Waals surface area contributed by atoms with E-state index in [0.717, 1.165) is 0 Å². The van der Waals surface area contributed by atoms with E-state index in [1.54, 1.807) is 30.5 Å². The van der Waals surface area contributed by atoms with Crippen molar-refractivity contribution in [1.82, 2.24) is 14.6 Å². The van der Waals surface area contributed by atoms with Gasteiger partial charge in [0.2, 0.25) is 0 Å². The molecule has 0 bridgehead atoms. The third kappa shape index (κ3) is 1.70. The summed E-state index contributed by atoms with van der Waals surface area (Å²) in [6.07, 6.45) is 1.59. The van der Waals surface area contributed by atoms with Crippen molar-refractivity contribution in [3.63, 3.8) is 0 Å². The lowest BCUT2D eigenvalue weighted by Crippen LogP contribution is -1.88. The van der Waals surface area contributed by atoms with Crippen molar-refractivity contribution in [2.75, 3.05) is 0 Å². The van der Waals surface area contributed by atoms with Crippen LogP contribution >= 0.6 is 0 Å². The van der Waals surface area contributed by atoms with E-state index in [-0.39, 0.29) is 5.82 Å². The van der Waals surface area contributed by atoms with Crippen LogP contribution in [0.4, 0.5) is 4.39 Å². The van der Waals surface area contributed by atoms with E-state index >= 15 is 0 Å². The first-order valence-corrected chi connectivity index (χ1v) is 5.29. The molecule has 0 aliphatic rings. The van der Waals surface area contributed by atoms with Gasteiger partial charge in [0.1, 0.15) is 11.9 Å². The Morgan fingerprint density at radius 3 is 2.89 bits per heavy atom. The van der Waals surface area contributed by atoms with E-state index < -0.39 is 0 Å². The minimum absolute atomic E-state index is 0.330. The molecule has 3 rings (SSSR count). The fourth-order valence-electron chi connectivity index (χ4n) is 1.70. The van der Waals surface area contributed by atoms with Gasteiger partial charge in [-0.15, -0.1) is 5.10 Å². The molecule has 1 aromatic carbocycles. The summed E-state index contributed by atoms with van der Waals surface area (Å²) < 4.78 is 14.6. The van der Waals surface area contributed by atoms with Crippen LogP contribution in [0.1, 0.15) is 5.56 Å². The second-order valence-corrected chi connectivity index (χ2v) is 3.78. The van der Waals surface area contributed by atoms with Gasteiger partial charge in [0.25, 0.3) is 0 Å². The molecule has 4 nitrogen and oxygen atoms in total. The van der Waals surface area contributed by atoms with Gasteiger partial charge in [0.15, 0.2) is 11.5 Å². The molecule has 0 radical (unpaired) electrons. The standard InChI is InChI=1S/C13H7FN4/c14-11-3-1-2-10(6-11)13-16-12-5-4-9(7-15)8-18(12)17-13/h1-6,8H. The second kappa shape index (κ2) is 3.93. The Morgan fingerprint density at radius 1 is 1.22 bits per heavy atom. The molecule has 0 saturated heterocycles. The highest BCUT2D eigenvalue weighted by Crippen LogP contribution is 2.17. The van der Waals surface area contributed by atoms with Crippen LogP contribution in [-0.4, -0.2) is 14.6 Å². The maximum Gasteiger partial charge on any atom is 0.182 e. The molecule has 0 unspecified atom stereocenters. The average Bonchev–Trinajstić information content (AvgIpc) is 2.81. The fourth-order valence-corrected chi connectivity index (χ4v) is 1.70. The Kier molecular flexibility index (Phi) is 2.27. The zero-order valence-electron chi connectivity index (χ0n) is 9.21. The molecule has 0 spiro atoms. The fraction of sp³-hybridized carbons (Fsp3) is 0. The van der Waals surface area contributed by atoms with E-state index in [4.69, 9.17) is 5.26 Å². The van der Waals surface area contributed by atoms with Gasteiger partial charge in [-0.05, 0) is 24.3 Å². The molecule has 0 amide bonds. The first kappa shape index (κ1) is 10.4. The third-order valence-corrected chi connectivity index (χ3v) is 2.54. The van der Waals surface area contributed by atoms with Crippen LogP contribution in [0.5, 0.6) is 0 Å². The summed E-state index contributed by atoms with van der Waals surface area (Å²) in [6, 6.07) is 11.5. The lowest BCUT2D eigenvalue weighted by atomic mass is 10.2. The summed E-state index contributed by atoms with van der Waals surface area (Å²) in [5.74, 6) is 0.105. The summed E-state index contributed by atoms with van der Waals surface area (Å²) in [4.78, 5) is 4.28. The average molecular weight is 238 g/mol. The summed E-state index contributed by atoms with van der Waals surface area (Å²) in [6.45, 7) is 0. The topological polar surface area (TPSA) is 54.0 Å². The molecular formula is C13H7FN4. The lowest BCUT2D eigenvalue weighted by Gasteiger charge is -1.93. The van der Waals surface area contributed by atoms with Crippen LogP contribution in [0.15, 0.2) is 42.6 Å². The van der Waals surface area contributed by atoms with Gasteiger partial charge < -0.3 is 0 Å². The smallest absolute Gasteiger partial charge is 0.182 e.